The molecule has 0 radical (unpaired) electrons. The van der Waals surface area contributed by atoms with Crippen LogP contribution in [0.1, 0.15) is 43.1 Å². The van der Waals surface area contributed by atoms with E-state index in [1.165, 1.54) is 12.3 Å². The summed E-state index contributed by atoms with van der Waals surface area (Å²) in [5.74, 6) is 0.395. The number of rotatable bonds is 9. The number of hydrogen-bond acceptors (Lipinski definition) is 8. The van der Waals surface area contributed by atoms with E-state index in [-0.39, 0.29) is 35.4 Å². The van der Waals surface area contributed by atoms with Gasteiger partial charge in [0.15, 0.2) is 0 Å². The largest absolute Gasteiger partial charge is 0.489 e. The van der Waals surface area contributed by atoms with E-state index in [0.29, 0.717) is 23.7 Å². The SMILES string of the molecule is C=CC(=O)N1CCCC(n2cc(Nc3ncc(C(N)=O)c(Nc4ccccc4OC(C)C)n3)cn2)C1. The topological polar surface area (TPSA) is 140 Å². The van der Waals surface area contributed by atoms with E-state index in [2.05, 4.69) is 32.3 Å². The van der Waals surface area contributed by atoms with Gasteiger partial charge in [0.05, 0.1) is 29.7 Å². The lowest BCUT2D eigenvalue weighted by Crippen LogP contribution is -2.39. The Morgan fingerprint density at radius 3 is 2.81 bits per heavy atom. The number of nitrogens with one attached hydrogen (secondary N) is 2. The fraction of sp³-hybridized carbons (Fsp3) is 0.320. The second-order valence-corrected chi connectivity index (χ2v) is 8.73. The highest BCUT2D eigenvalue weighted by molar-refractivity contribution is 5.98. The number of hydrogen-bond donors (Lipinski definition) is 3. The lowest BCUT2D eigenvalue weighted by Gasteiger charge is -2.32. The minimum absolute atomic E-state index is 0.0335. The van der Waals surface area contributed by atoms with Crippen LogP contribution >= 0.6 is 0 Å². The van der Waals surface area contributed by atoms with E-state index in [0.717, 1.165) is 19.4 Å². The van der Waals surface area contributed by atoms with Crippen molar-refractivity contribution >= 4 is 35.0 Å². The first-order valence-electron chi connectivity index (χ1n) is 11.8. The Bertz CT molecular complexity index is 1260. The first kappa shape index (κ1) is 24.7. The van der Waals surface area contributed by atoms with Crippen LogP contribution in [0.25, 0.3) is 0 Å². The summed E-state index contributed by atoms with van der Waals surface area (Å²) in [6.45, 7) is 8.72. The summed E-state index contributed by atoms with van der Waals surface area (Å²) in [6.07, 6.45) is 7.99. The standard InChI is InChI=1S/C25H30N8O3/c1-4-22(34)32-11-7-8-18(15-32)33-14-17(12-28-33)29-25-27-13-19(23(26)35)24(31-25)30-20-9-5-6-10-21(20)36-16(2)3/h4-6,9-10,12-14,16,18H,1,7-8,11,15H2,2-3H3,(H2,26,35)(H2,27,29,30,31). The molecule has 1 aliphatic heterocycles. The van der Waals surface area contributed by atoms with E-state index in [9.17, 15) is 9.59 Å². The molecule has 1 saturated heterocycles. The number of benzene rings is 1. The van der Waals surface area contributed by atoms with Gasteiger partial charge in [-0.1, -0.05) is 18.7 Å². The zero-order valence-electron chi connectivity index (χ0n) is 20.3. The highest BCUT2D eigenvalue weighted by atomic mass is 16.5. The summed E-state index contributed by atoms with van der Waals surface area (Å²) in [4.78, 5) is 34.5. The molecule has 0 saturated carbocycles. The summed E-state index contributed by atoms with van der Waals surface area (Å²) in [5, 5.41) is 10.7. The number of piperidine rings is 1. The molecule has 0 aliphatic carbocycles. The van der Waals surface area contributed by atoms with Crippen LogP contribution in [0.2, 0.25) is 0 Å². The Morgan fingerprint density at radius 2 is 2.06 bits per heavy atom. The highest BCUT2D eigenvalue weighted by Gasteiger charge is 2.24. The van der Waals surface area contributed by atoms with Crippen molar-refractivity contribution < 1.29 is 14.3 Å². The Morgan fingerprint density at radius 1 is 1.25 bits per heavy atom. The van der Waals surface area contributed by atoms with E-state index in [4.69, 9.17) is 10.5 Å². The Balaban J connectivity index is 1.53. The van der Waals surface area contributed by atoms with Crippen LogP contribution in [-0.2, 0) is 4.79 Å². The number of likely N-dealkylation sites (tertiary alicyclic amines) is 1. The number of amides is 2. The molecule has 1 atom stereocenters. The Labute approximate surface area is 209 Å². The third-order valence-electron chi connectivity index (χ3n) is 5.67. The van der Waals surface area contributed by atoms with E-state index >= 15 is 0 Å². The molecule has 4 rings (SSSR count). The molecule has 0 spiro atoms. The maximum Gasteiger partial charge on any atom is 0.254 e. The van der Waals surface area contributed by atoms with Crippen LogP contribution in [-0.4, -0.2) is 55.7 Å². The minimum atomic E-state index is -0.657. The number of carbonyl (C=O) groups excluding carboxylic acids is 2. The number of carbonyl (C=O) groups is 2. The number of para-hydroxylation sites is 2. The van der Waals surface area contributed by atoms with Crippen molar-refractivity contribution in [1.82, 2.24) is 24.6 Å². The van der Waals surface area contributed by atoms with Gasteiger partial charge in [-0.25, -0.2) is 4.98 Å². The minimum Gasteiger partial charge on any atom is -0.489 e. The molecule has 1 unspecified atom stereocenters. The van der Waals surface area contributed by atoms with Gasteiger partial charge in [-0.05, 0) is 44.9 Å². The van der Waals surface area contributed by atoms with Crippen molar-refractivity contribution in [1.29, 1.82) is 0 Å². The average molecular weight is 491 g/mol. The Kier molecular flexibility index (Phi) is 7.47. The number of anilines is 4. The number of nitrogens with two attached hydrogens (primary N) is 1. The zero-order chi connectivity index (χ0) is 25.7. The molecule has 11 heteroatoms. The number of nitrogens with zero attached hydrogens (tertiary/aromatic N) is 5. The third-order valence-corrected chi connectivity index (χ3v) is 5.67. The van der Waals surface area contributed by atoms with Gasteiger partial charge in [-0.3, -0.25) is 14.3 Å². The van der Waals surface area contributed by atoms with Crippen molar-refractivity contribution in [2.75, 3.05) is 23.7 Å². The highest BCUT2D eigenvalue weighted by Crippen LogP contribution is 2.30. The van der Waals surface area contributed by atoms with Crippen molar-refractivity contribution in [2.45, 2.75) is 38.8 Å². The second-order valence-electron chi connectivity index (χ2n) is 8.73. The summed E-state index contributed by atoms with van der Waals surface area (Å²) >= 11 is 0. The van der Waals surface area contributed by atoms with E-state index < -0.39 is 5.91 Å². The van der Waals surface area contributed by atoms with Gasteiger partial charge in [-0.15, -0.1) is 0 Å². The van der Waals surface area contributed by atoms with Crippen LogP contribution in [0.4, 0.5) is 23.1 Å². The summed E-state index contributed by atoms with van der Waals surface area (Å²) < 4.78 is 7.69. The van der Waals surface area contributed by atoms with Gasteiger partial charge in [-0.2, -0.15) is 10.1 Å². The molecule has 2 aromatic heterocycles. The van der Waals surface area contributed by atoms with Gasteiger partial charge >= 0.3 is 0 Å². The summed E-state index contributed by atoms with van der Waals surface area (Å²) in [5.41, 5.74) is 7.01. The normalized spacial score (nSPS) is 15.4. The van der Waals surface area contributed by atoms with Crippen molar-refractivity contribution in [3.63, 3.8) is 0 Å². The monoisotopic (exact) mass is 490 g/mol. The second kappa shape index (κ2) is 10.9. The van der Waals surface area contributed by atoms with Crippen molar-refractivity contribution in [3.05, 3.63) is 61.1 Å². The maximum atomic E-state index is 12.0. The number of primary amides is 1. The van der Waals surface area contributed by atoms with Crippen LogP contribution in [0, 0.1) is 0 Å². The van der Waals surface area contributed by atoms with E-state index in [1.807, 2.05) is 49.0 Å². The molecule has 4 N–H and O–H groups in total. The smallest absolute Gasteiger partial charge is 0.254 e. The van der Waals surface area contributed by atoms with Crippen LogP contribution in [0.15, 0.2) is 55.5 Å². The average Bonchev–Trinajstić information content (AvgIpc) is 3.33. The van der Waals surface area contributed by atoms with Crippen LogP contribution in [0.5, 0.6) is 5.75 Å². The van der Waals surface area contributed by atoms with Crippen LogP contribution in [0.3, 0.4) is 0 Å². The van der Waals surface area contributed by atoms with Gasteiger partial charge in [0, 0.05) is 25.5 Å². The summed E-state index contributed by atoms with van der Waals surface area (Å²) in [7, 11) is 0. The maximum absolute atomic E-state index is 12.0. The predicted octanol–water partition coefficient (Wildman–Crippen LogP) is 3.40. The van der Waals surface area contributed by atoms with Gasteiger partial charge in [0.25, 0.3) is 5.91 Å². The molecular formula is C25H30N8O3. The van der Waals surface area contributed by atoms with Crippen molar-refractivity contribution in [3.8, 4) is 5.75 Å². The van der Waals surface area contributed by atoms with Gasteiger partial charge < -0.3 is 26.0 Å². The zero-order valence-corrected chi connectivity index (χ0v) is 20.3. The molecule has 1 aliphatic rings. The summed E-state index contributed by atoms with van der Waals surface area (Å²) in [6, 6.07) is 7.43. The lowest BCUT2D eigenvalue weighted by atomic mass is 10.1. The molecule has 11 nitrogen and oxygen atoms in total. The molecule has 0 bridgehead atoms. The fourth-order valence-electron chi connectivity index (χ4n) is 4.00. The number of ether oxygens (including phenoxy) is 1. The van der Waals surface area contributed by atoms with Gasteiger partial charge in [0.2, 0.25) is 11.9 Å². The molecule has 1 fully saturated rings. The van der Waals surface area contributed by atoms with E-state index in [1.54, 1.807) is 11.1 Å². The molecule has 3 aromatic rings. The molecular weight excluding hydrogens is 460 g/mol. The first-order chi connectivity index (χ1) is 17.3. The Hall–Kier alpha value is -4.41. The molecule has 1 aromatic carbocycles. The molecule has 36 heavy (non-hydrogen) atoms. The van der Waals surface area contributed by atoms with Crippen molar-refractivity contribution in [2.24, 2.45) is 5.73 Å². The first-order valence-corrected chi connectivity index (χ1v) is 11.8. The quantitative estimate of drug-likeness (QED) is 0.388. The molecule has 188 valence electrons. The lowest BCUT2D eigenvalue weighted by molar-refractivity contribution is -0.127. The molecule has 2 amide bonds. The predicted molar refractivity (Wildman–Crippen MR) is 137 cm³/mol. The number of aromatic nitrogens is 4. The fourth-order valence-corrected chi connectivity index (χ4v) is 4.00. The van der Waals surface area contributed by atoms with Crippen LogP contribution < -0.4 is 21.1 Å². The third kappa shape index (κ3) is 5.80. The molecule has 3 heterocycles. The van der Waals surface area contributed by atoms with Gasteiger partial charge in [0.1, 0.15) is 17.1 Å².